The number of hydrogen-bond acceptors (Lipinski definition) is 7. The van der Waals surface area contributed by atoms with Crippen LogP contribution in [0.1, 0.15) is 32.1 Å². The number of esters is 1. The Kier molecular flexibility index (Phi) is 3.48. The molecule has 4 saturated carbocycles. The van der Waals surface area contributed by atoms with Crippen molar-refractivity contribution in [3.63, 3.8) is 0 Å². The Labute approximate surface area is 164 Å². The van der Waals surface area contributed by atoms with E-state index >= 15 is 0 Å². The molecule has 1 aromatic heterocycles. The van der Waals surface area contributed by atoms with Gasteiger partial charge in [0.05, 0.1) is 6.61 Å². The van der Waals surface area contributed by atoms with Crippen LogP contribution in [0.3, 0.4) is 0 Å². The zero-order valence-electron chi connectivity index (χ0n) is 15.1. The highest BCUT2D eigenvalue weighted by molar-refractivity contribution is 7.87. The van der Waals surface area contributed by atoms with Crippen LogP contribution in [0.4, 0.5) is 13.6 Å². The summed E-state index contributed by atoms with van der Waals surface area (Å²) < 4.78 is 68.8. The molecular formula is C17H18F2N2O7S. The van der Waals surface area contributed by atoms with E-state index in [1.54, 1.807) is 0 Å². The number of ether oxygens (including phenoxy) is 2. The van der Waals surface area contributed by atoms with Crippen LogP contribution in [-0.4, -0.2) is 52.0 Å². The largest absolute Gasteiger partial charge is 0.465 e. The number of halogens is 2. The topological polar surface area (TPSA) is 125 Å². The van der Waals surface area contributed by atoms with Crippen LogP contribution in [-0.2, 0) is 24.4 Å². The summed E-state index contributed by atoms with van der Waals surface area (Å²) in [7, 11) is -5.92. The Morgan fingerprint density at radius 2 is 2.03 bits per heavy atom. The minimum atomic E-state index is -5.92. The Bertz CT molecular complexity index is 1010. The van der Waals surface area contributed by atoms with Crippen molar-refractivity contribution in [3.05, 3.63) is 18.7 Å². The first-order chi connectivity index (χ1) is 13.4. The number of rotatable bonds is 5. The lowest BCUT2D eigenvalue weighted by Crippen LogP contribution is -2.47. The molecule has 1 heterocycles. The minimum absolute atomic E-state index is 0.101. The molecule has 4 fully saturated rings. The Morgan fingerprint density at radius 3 is 2.69 bits per heavy atom. The maximum absolute atomic E-state index is 13.5. The van der Waals surface area contributed by atoms with E-state index in [4.69, 9.17) is 9.29 Å². The third-order valence-electron chi connectivity index (χ3n) is 7.37. The Hall–Kier alpha value is -2.08. The first-order valence-corrected chi connectivity index (χ1v) is 10.6. The van der Waals surface area contributed by atoms with E-state index in [-0.39, 0.29) is 11.3 Å². The molecule has 158 valence electrons. The van der Waals surface area contributed by atoms with Gasteiger partial charge in [-0.25, -0.2) is 19.1 Å². The number of fused-ring (bicyclic) bond motifs is 1. The number of imidazole rings is 1. The van der Waals surface area contributed by atoms with E-state index in [2.05, 4.69) is 9.72 Å². The summed E-state index contributed by atoms with van der Waals surface area (Å²) in [5, 5.41) is -5.02. The molecule has 0 aliphatic heterocycles. The van der Waals surface area contributed by atoms with Gasteiger partial charge in [0.25, 0.3) is 0 Å². The molecule has 9 nitrogen and oxygen atoms in total. The molecule has 12 heteroatoms. The lowest BCUT2D eigenvalue weighted by atomic mass is 9.60. The van der Waals surface area contributed by atoms with Crippen molar-refractivity contribution in [2.45, 2.75) is 43.0 Å². The number of alkyl halides is 2. The summed E-state index contributed by atoms with van der Waals surface area (Å²) in [6.07, 6.45) is 6.84. The molecular weight excluding hydrogens is 414 g/mol. The van der Waals surface area contributed by atoms with Crippen molar-refractivity contribution in [2.75, 3.05) is 6.61 Å². The van der Waals surface area contributed by atoms with Gasteiger partial charge < -0.3 is 9.47 Å². The second-order valence-electron chi connectivity index (χ2n) is 8.89. The Morgan fingerprint density at radius 1 is 1.28 bits per heavy atom. The van der Waals surface area contributed by atoms with E-state index in [0.717, 1.165) is 6.42 Å². The summed E-state index contributed by atoms with van der Waals surface area (Å²) in [6, 6.07) is 0. The van der Waals surface area contributed by atoms with E-state index in [1.165, 1.54) is 23.3 Å². The molecule has 5 unspecified atom stereocenters. The fraction of sp³-hybridized carbons (Fsp3) is 0.706. The van der Waals surface area contributed by atoms with E-state index in [0.29, 0.717) is 31.6 Å². The smallest absolute Gasteiger partial charge is 0.460 e. The van der Waals surface area contributed by atoms with Crippen molar-refractivity contribution >= 4 is 22.2 Å². The normalized spacial score (nSPS) is 39.3. The molecule has 0 amide bonds. The number of aromatic nitrogens is 2. The average Bonchev–Trinajstić information content (AvgIpc) is 2.93. The lowest BCUT2D eigenvalue weighted by molar-refractivity contribution is -0.167. The molecule has 0 radical (unpaired) electrons. The van der Waals surface area contributed by atoms with Gasteiger partial charge in [0.15, 0.2) is 0 Å². The molecule has 29 heavy (non-hydrogen) atoms. The standard InChI is InChI=1S/C17H18F2N2O7S/c18-17(19,29(24,25)26)12(22)27-8-14-3-10-4-15(11(10)5-14)7-16(15,6-14)28-13(23)21-2-1-20-9-21/h1-2,9-11H,3-8H2,(H,24,25,26). The highest BCUT2D eigenvalue weighted by Gasteiger charge is 2.86. The van der Waals surface area contributed by atoms with Crippen LogP contribution >= 0.6 is 0 Å². The van der Waals surface area contributed by atoms with Crippen LogP contribution in [0.2, 0.25) is 0 Å². The van der Waals surface area contributed by atoms with Crippen molar-refractivity contribution in [2.24, 2.45) is 22.7 Å². The average molecular weight is 432 g/mol. The predicted octanol–water partition coefficient (Wildman–Crippen LogP) is 1.84. The van der Waals surface area contributed by atoms with Crippen LogP contribution in [0.15, 0.2) is 18.7 Å². The number of carbonyl (C=O) groups excluding carboxylic acids is 2. The zero-order valence-corrected chi connectivity index (χ0v) is 15.9. The quantitative estimate of drug-likeness (QED) is 0.552. The van der Waals surface area contributed by atoms with Crippen molar-refractivity contribution in [1.82, 2.24) is 9.55 Å². The molecule has 5 rings (SSSR count). The van der Waals surface area contributed by atoms with Gasteiger partial charge in [0.2, 0.25) is 0 Å². The van der Waals surface area contributed by atoms with Gasteiger partial charge in [-0.05, 0) is 43.9 Å². The van der Waals surface area contributed by atoms with Crippen molar-refractivity contribution in [1.29, 1.82) is 0 Å². The molecule has 4 aliphatic carbocycles. The first kappa shape index (κ1) is 18.9. The molecule has 0 aromatic carbocycles. The van der Waals surface area contributed by atoms with Gasteiger partial charge in [-0.2, -0.15) is 17.2 Å². The summed E-state index contributed by atoms with van der Waals surface area (Å²) >= 11 is 0. The summed E-state index contributed by atoms with van der Waals surface area (Å²) in [5.74, 6) is -1.70. The van der Waals surface area contributed by atoms with Crippen LogP contribution in [0.25, 0.3) is 0 Å². The number of carbonyl (C=O) groups is 2. The highest BCUT2D eigenvalue weighted by Crippen LogP contribution is 2.86. The predicted molar refractivity (Wildman–Crippen MR) is 89.2 cm³/mol. The number of nitrogens with zero attached hydrogens (tertiary/aromatic N) is 2. The second-order valence-corrected chi connectivity index (χ2v) is 10.4. The van der Waals surface area contributed by atoms with Gasteiger partial charge >= 0.3 is 27.4 Å². The molecule has 1 spiro atoms. The van der Waals surface area contributed by atoms with Gasteiger partial charge in [-0.3, -0.25) is 4.55 Å². The van der Waals surface area contributed by atoms with Crippen LogP contribution in [0.5, 0.6) is 0 Å². The third kappa shape index (κ3) is 2.38. The molecule has 2 bridgehead atoms. The van der Waals surface area contributed by atoms with Gasteiger partial charge in [-0.15, -0.1) is 0 Å². The highest BCUT2D eigenvalue weighted by atomic mass is 32.2. The van der Waals surface area contributed by atoms with Crippen LogP contribution in [0, 0.1) is 22.7 Å². The van der Waals surface area contributed by atoms with E-state index in [9.17, 15) is 26.8 Å². The minimum Gasteiger partial charge on any atom is -0.460 e. The molecule has 0 saturated heterocycles. The summed E-state index contributed by atoms with van der Waals surface area (Å²) in [5.41, 5.74) is -1.50. The molecule has 5 atom stereocenters. The van der Waals surface area contributed by atoms with E-state index in [1.807, 2.05) is 0 Å². The van der Waals surface area contributed by atoms with Crippen LogP contribution < -0.4 is 0 Å². The van der Waals surface area contributed by atoms with Gasteiger partial charge in [0, 0.05) is 23.2 Å². The first-order valence-electron chi connectivity index (χ1n) is 9.17. The van der Waals surface area contributed by atoms with Gasteiger partial charge in [0.1, 0.15) is 11.9 Å². The zero-order chi connectivity index (χ0) is 20.9. The van der Waals surface area contributed by atoms with Crippen molar-refractivity contribution < 1.29 is 40.8 Å². The molecule has 1 aromatic rings. The SMILES string of the molecule is O=C(OC12CC3(COC(=O)C(F)(F)S(=O)(=O)O)CC4CC1(C2)C4C3)n1ccnc1. The molecule has 4 aliphatic rings. The lowest BCUT2D eigenvalue weighted by Gasteiger charge is -2.47. The second kappa shape index (κ2) is 5.34. The fourth-order valence-corrected chi connectivity index (χ4v) is 6.52. The summed E-state index contributed by atoms with van der Waals surface area (Å²) in [4.78, 5) is 27.9. The summed E-state index contributed by atoms with van der Waals surface area (Å²) in [6.45, 7) is -0.412. The Balaban J connectivity index is 1.33. The third-order valence-corrected chi connectivity index (χ3v) is 8.18. The van der Waals surface area contributed by atoms with E-state index < -0.39 is 45.1 Å². The fourth-order valence-electron chi connectivity index (χ4n) is 6.25. The maximum Gasteiger partial charge on any atom is 0.465 e. The van der Waals surface area contributed by atoms with Gasteiger partial charge in [-0.1, -0.05) is 0 Å². The number of hydrogen-bond donors (Lipinski definition) is 1. The monoisotopic (exact) mass is 432 g/mol. The maximum atomic E-state index is 13.5. The molecule has 1 N–H and O–H groups in total. The van der Waals surface area contributed by atoms with Crippen molar-refractivity contribution in [3.8, 4) is 0 Å².